The molecule has 0 fully saturated rings. The van der Waals surface area contributed by atoms with E-state index in [9.17, 15) is 0 Å². The minimum absolute atomic E-state index is 1.10. The van der Waals surface area contributed by atoms with E-state index in [0.29, 0.717) is 0 Å². The SMILES string of the molecule is CCCCC#CCCCC.O=C(O)O.O=C(O)O. The summed E-state index contributed by atoms with van der Waals surface area (Å²) in [7, 11) is 0. The van der Waals surface area contributed by atoms with Crippen molar-refractivity contribution in [1.82, 2.24) is 0 Å². The molecule has 0 atom stereocenters. The second-order valence-corrected chi connectivity index (χ2v) is 3.13. The molecule has 0 aromatic rings. The van der Waals surface area contributed by atoms with Crippen molar-refractivity contribution in [3.05, 3.63) is 0 Å². The van der Waals surface area contributed by atoms with Crippen molar-refractivity contribution < 1.29 is 30.0 Å². The molecule has 0 saturated carbocycles. The Hall–Kier alpha value is -1.90. The van der Waals surface area contributed by atoms with E-state index in [2.05, 4.69) is 25.7 Å². The molecule has 0 aliphatic heterocycles. The van der Waals surface area contributed by atoms with E-state index < -0.39 is 12.3 Å². The Morgan fingerprint density at radius 2 is 1.00 bits per heavy atom. The summed E-state index contributed by atoms with van der Waals surface area (Å²) in [5.41, 5.74) is 0. The summed E-state index contributed by atoms with van der Waals surface area (Å²) >= 11 is 0. The van der Waals surface area contributed by atoms with Gasteiger partial charge < -0.3 is 20.4 Å². The first kappa shape index (κ1) is 21.4. The molecule has 0 aromatic heterocycles. The monoisotopic (exact) mass is 262 g/mol. The molecular weight excluding hydrogens is 240 g/mol. The van der Waals surface area contributed by atoms with Crippen molar-refractivity contribution in [3.63, 3.8) is 0 Å². The maximum absolute atomic E-state index is 8.56. The van der Waals surface area contributed by atoms with Crippen LogP contribution in [0.5, 0.6) is 0 Å². The highest BCUT2D eigenvalue weighted by Gasteiger charge is 1.77. The Balaban J connectivity index is -0.000000233. The minimum Gasteiger partial charge on any atom is -0.450 e. The van der Waals surface area contributed by atoms with E-state index in [-0.39, 0.29) is 0 Å². The van der Waals surface area contributed by atoms with Crippen LogP contribution in [0.2, 0.25) is 0 Å². The van der Waals surface area contributed by atoms with Gasteiger partial charge in [0.15, 0.2) is 0 Å². The number of rotatable bonds is 4. The van der Waals surface area contributed by atoms with Gasteiger partial charge >= 0.3 is 12.3 Å². The molecule has 0 radical (unpaired) electrons. The quantitative estimate of drug-likeness (QED) is 0.452. The fourth-order valence-corrected chi connectivity index (χ4v) is 0.707. The number of carbonyl (C=O) groups is 2. The summed E-state index contributed by atoms with van der Waals surface area (Å²) in [6, 6.07) is 0. The molecule has 0 aliphatic rings. The van der Waals surface area contributed by atoms with Crippen molar-refractivity contribution in [2.75, 3.05) is 0 Å². The molecule has 0 bridgehead atoms. The third-order valence-electron chi connectivity index (χ3n) is 1.44. The first-order valence-electron chi connectivity index (χ1n) is 5.67. The molecule has 6 heteroatoms. The third-order valence-corrected chi connectivity index (χ3v) is 1.44. The van der Waals surface area contributed by atoms with Gasteiger partial charge in [-0.05, 0) is 12.8 Å². The van der Waals surface area contributed by atoms with Crippen LogP contribution in [0.3, 0.4) is 0 Å². The fourth-order valence-electron chi connectivity index (χ4n) is 0.707. The van der Waals surface area contributed by atoms with Crippen molar-refractivity contribution in [2.45, 2.75) is 52.4 Å². The van der Waals surface area contributed by atoms with Crippen molar-refractivity contribution in [1.29, 1.82) is 0 Å². The van der Waals surface area contributed by atoms with E-state index >= 15 is 0 Å². The first-order valence-corrected chi connectivity index (χ1v) is 5.67. The van der Waals surface area contributed by atoms with E-state index in [1.54, 1.807) is 0 Å². The Kier molecular flexibility index (Phi) is 24.4. The topological polar surface area (TPSA) is 115 Å². The summed E-state index contributed by atoms with van der Waals surface area (Å²) in [6.45, 7) is 4.40. The van der Waals surface area contributed by atoms with Crippen LogP contribution in [0.4, 0.5) is 9.59 Å². The van der Waals surface area contributed by atoms with Crippen LogP contribution in [0.15, 0.2) is 0 Å². The van der Waals surface area contributed by atoms with Gasteiger partial charge in [0.05, 0.1) is 0 Å². The minimum atomic E-state index is -1.83. The van der Waals surface area contributed by atoms with Crippen LogP contribution in [-0.2, 0) is 0 Å². The van der Waals surface area contributed by atoms with Crippen LogP contribution >= 0.6 is 0 Å². The van der Waals surface area contributed by atoms with Gasteiger partial charge in [0.2, 0.25) is 0 Å². The zero-order valence-corrected chi connectivity index (χ0v) is 10.8. The maximum Gasteiger partial charge on any atom is 0.503 e. The first-order chi connectivity index (χ1) is 8.38. The molecular formula is C12H22O6. The standard InChI is InChI=1S/C10H18.2CH2O3/c1-3-5-7-9-10-8-6-4-2;2*2-1(3)4/h3-8H2,1-2H3;2*(H2,2,3,4). The van der Waals surface area contributed by atoms with E-state index in [0.717, 1.165) is 12.8 Å². The van der Waals surface area contributed by atoms with Crippen molar-refractivity contribution in [3.8, 4) is 11.8 Å². The summed E-state index contributed by atoms with van der Waals surface area (Å²) < 4.78 is 0. The van der Waals surface area contributed by atoms with Gasteiger partial charge in [-0.15, -0.1) is 11.8 Å². The predicted molar refractivity (Wildman–Crippen MR) is 68.1 cm³/mol. The zero-order chi connectivity index (χ0) is 14.8. The van der Waals surface area contributed by atoms with Gasteiger partial charge in [0.25, 0.3) is 0 Å². The van der Waals surface area contributed by atoms with Crippen LogP contribution in [0.1, 0.15) is 52.4 Å². The molecule has 18 heavy (non-hydrogen) atoms. The van der Waals surface area contributed by atoms with Crippen molar-refractivity contribution >= 4 is 12.3 Å². The Morgan fingerprint density at radius 1 is 0.778 bits per heavy atom. The second-order valence-electron chi connectivity index (χ2n) is 3.13. The summed E-state index contributed by atoms with van der Waals surface area (Å²) in [5, 5.41) is 27.9. The normalized spacial score (nSPS) is 7.44. The number of carboxylic acid groups (broad SMARTS) is 4. The molecule has 0 rings (SSSR count). The van der Waals surface area contributed by atoms with Crippen LogP contribution in [0, 0.1) is 11.8 Å². The molecule has 0 aliphatic carbocycles. The van der Waals surface area contributed by atoms with Crippen LogP contribution in [0.25, 0.3) is 0 Å². The van der Waals surface area contributed by atoms with E-state index in [1.165, 1.54) is 25.7 Å². The molecule has 0 spiro atoms. The number of hydrogen-bond acceptors (Lipinski definition) is 2. The largest absolute Gasteiger partial charge is 0.503 e. The van der Waals surface area contributed by atoms with Gasteiger partial charge in [-0.2, -0.15) is 0 Å². The second kappa shape index (κ2) is 20.5. The summed E-state index contributed by atoms with van der Waals surface area (Å²) in [4.78, 5) is 17.1. The maximum atomic E-state index is 8.56. The molecule has 0 heterocycles. The van der Waals surface area contributed by atoms with Gasteiger partial charge in [0.1, 0.15) is 0 Å². The zero-order valence-electron chi connectivity index (χ0n) is 10.8. The molecule has 0 amide bonds. The highest BCUT2D eigenvalue weighted by Crippen LogP contribution is 1.93. The lowest BCUT2D eigenvalue weighted by Gasteiger charge is -1.85. The average Bonchev–Trinajstić information content (AvgIpc) is 2.22. The number of unbranched alkanes of at least 4 members (excludes halogenated alkanes) is 4. The van der Waals surface area contributed by atoms with Gasteiger partial charge in [-0.25, -0.2) is 9.59 Å². The smallest absolute Gasteiger partial charge is 0.450 e. The Bertz CT molecular complexity index is 219. The van der Waals surface area contributed by atoms with Gasteiger partial charge in [-0.3, -0.25) is 0 Å². The molecule has 106 valence electrons. The lowest BCUT2D eigenvalue weighted by molar-refractivity contribution is 0.135. The van der Waals surface area contributed by atoms with Crippen molar-refractivity contribution in [2.24, 2.45) is 0 Å². The van der Waals surface area contributed by atoms with Gasteiger partial charge in [0, 0.05) is 12.8 Å². The molecule has 6 nitrogen and oxygen atoms in total. The Morgan fingerprint density at radius 3 is 1.17 bits per heavy atom. The summed E-state index contributed by atoms with van der Waals surface area (Å²) in [5.74, 6) is 6.34. The molecule has 0 saturated heterocycles. The lowest BCUT2D eigenvalue weighted by atomic mass is 10.2. The predicted octanol–water partition coefficient (Wildman–Crippen LogP) is 3.82. The molecule has 4 N–H and O–H groups in total. The van der Waals surface area contributed by atoms with E-state index in [4.69, 9.17) is 30.0 Å². The van der Waals surface area contributed by atoms with Gasteiger partial charge in [-0.1, -0.05) is 26.7 Å². The average molecular weight is 262 g/mol. The van der Waals surface area contributed by atoms with Crippen LogP contribution < -0.4 is 0 Å². The molecule has 0 unspecified atom stereocenters. The highest BCUT2D eigenvalue weighted by molar-refractivity contribution is 5.53. The number of hydrogen-bond donors (Lipinski definition) is 4. The fraction of sp³-hybridized carbons (Fsp3) is 0.667. The third kappa shape index (κ3) is 93.0. The van der Waals surface area contributed by atoms with Crippen LogP contribution in [-0.4, -0.2) is 32.7 Å². The Labute approximate surface area is 107 Å². The highest BCUT2D eigenvalue weighted by atomic mass is 16.6. The van der Waals surface area contributed by atoms with E-state index in [1.807, 2.05) is 0 Å². The molecule has 0 aromatic carbocycles. The lowest BCUT2D eigenvalue weighted by Crippen LogP contribution is -1.81. The summed E-state index contributed by atoms with van der Waals surface area (Å²) in [6.07, 6.45) is 3.59.